The minimum atomic E-state index is -0.463. The Labute approximate surface area is 132 Å². The molecule has 0 unspecified atom stereocenters. The third kappa shape index (κ3) is 3.24. The highest BCUT2D eigenvalue weighted by molar-refractivity contribution is 5.98. The zero-order valence-corrected chi connectivity index (χ0v) is 13.6. The van der Waals surface area contributed by atoms with Crippen LogP contribution in [-0.2, 0) is 4.79 Å². The highest BCUT2D eigenvalue weighted by Gasteiger charge is 2.33. The van der Waals surface area contributed by atoms with E-state index in [1.807, 2.05) is 24.3 Å². The van der Waals surface area contributed by atoms with Gasteiger partial charge in [0, 0.05) is 30.4 Å². The molecule has 0 aromatic heterocycles. The van der Waals surface area contributed by atoms with E-state index in [9.17, 15) is 9.59 Å². The first-order valence-corrected chi connectivity index (χ1v) is 7.92. The molecule has 0 spiro atoms. The number of carbonyl (C=O) groups is 2. The third-order valence-corrected chi connectivity index (χ3v) is 4.25. The first kappa shape index (κ1) is 16.3. The lowest BCUT2D eigenvalue weighted by atomic mass is 10.1. The summed E-state index contributed by atoms with van der Waals surface area (Å²) in [5.41, 5.74) is 7.09. The van der Waals surface area contributed by atoms with Crippen molar-refractivity contribution in [1.29, 1.82) is 0 Å². The molecule has 5 nitrogen and oxygen atoms in total. The fourth-order valence-electron chi connectivity index (χ4n) is 3.11. The summed E-state index contributed by atoms with van der Waals surface area (Å²) in [6.07, 6.45) is 1.49. The average molecular weight is 303 g/mol. The predicted molar refractivity (Wildman–Crippen MR) is 87.9 cm³/mol. The van der Waals surface area contributed by atoms with E-state index in [0.29, 0.717) is 24.6 Å². The maximum Gasteiger partial charge on any atom is 0.254 e. The van der Waals surface area contributed by atoms with Crippen molar-refractivity contribution in [2.24, 2.45) is 5.73 Å². The van der Waals surface area contributed by atoms with Gasteiger partial charge in [0.15, 0.2) is 0 Å². The molecule has 2 rings (SSSR count). The van der Waals surface area contributed by atoms with Crippen molar-refractivity contribution in [3.63, 3.8) is 0 Å². The van der Waals surface area contributed by atoms with E-state index in [2.05, 4.69) is 25.7 Å². The monoisotopic (exact) mass is 303 g/mol. The average Bonchev–Trinajstić information content (AvgIpc) is 2.97. The normalized spacial score (nSPS) is 17.8. The molecule has 2 N–H and O–H groups in total. The van der Waals surface area contributed by atoms with Crippen molar-refractivity contribution < 1.29 is 9.59 Å². The molecule has 1 aliphatic heterocycles. The summed E-state index contributed by atoms with van der Waals surface area (Å²) in [5, 5.41) is 0. The molecule has 0 aliphatic carbocycles. The summed E-state index contributed by atoms with van der Waals surface area (Å²) in [4.78, 5) is 27.8. The van der Waals surface area contributed by atoms with Gasteiger partial charge >= 0.3 is 0 Å². The van der Waals surface area contributed by atoms with Crippen LogP contribution in [0.15, 0.2) is 24.3 Å². The lowest BCUT2D eigenvalue weighted by Gasteiger charge is -2.28. The Hall–Kier alpha value is -2.04. The molecule has 22 heavy (non-hydrogen) atoms. The number of likely N-dealkylation sites (tertiary alicyclic amines) is 1. The van der Waals surface area contributed by atoms with Gasteiger partial charge in [-0.3, -0.25) is 9.59 Å². The van der Waals surface area contributed by atoms with Crippen LogP contribution in [0.4, 0.5) is 5.69 Å². The number of rotatable bonds is 5. The van der Waals surface area contributed by atoms with Crippen LogP contribution in [0.5, 0.6) is 0 Å². The van der Waals surface area contributed by atoms with Crippen molar-refractivity contribution in [3.05, 3.63) is 29.8 Å². The van der Waals surface area contributed by atoms with Crippen LogP contribution in [-0.4, -0.2) is 41.9 Å². The van der Waals surface area contributed by atoms with Crippen molar-refractivity contribution in [2.75, 3.05) is 18.0 Å². The van der Waals surface area contributed by atoms with Crippen molar-refractivity contribution >= 4 is 17.5 Å². The van der Waals surface area contributed by atoms with Gasteiger partial charge in [-0.1, -0.05) is 0 Å². The van der Waals surface area contributed by atoms with Gasteiger partial charge in [-0.2, -0.15) is 0 Å². The van der Waals surface area contributed by atoms with Gasteiger partial charge in [-0.25, -0.2) is 0 Å². The molecule has 120 valence electrons. The smallest absolute Gasteiger partial charge is 0.254 e. The number of nitrogens with zero attached hydrogens (tertiary/aromatic N) is 2. The number of carbonyl (C=O) groups excluding carboxylic acids is 2. The SMILES string of the molecule is CCN(c1ccc(C(=O)N2CCC[C@H]2C(N)=O)cc1)C(C)C. The van der Waals surface area contributed by atoms with Crippen LogP contribution in [0.25, 0.3) is 0 Å². The van der Waals surface area contributed by atoms with E-state index in [1.165, 1.54) is 0 Å². The van der Waals surface area contributed by atoms with Crippen LogP contribution in [0.1, 0.15) is 44.0 Å². The molecule has 0 bridgehead atoms. The molecule has 0 radical (unpaired) electrons. The standard InChI is InChI=1S/C17H25N3O2/c1-4-19(12(2)3)14-9-7-13(8-10-14)17(22)20-11-5-6-15(20)16(18)21/h7-10,12,15H,4-6,11H2,1-3H3,(H2,18,21)/t15-/m0/s1. The Morgan fingerprint density at radius 1 is 1.32 bits per heavy atom. The van der Waals surface area contributed by atoms with Crippen LogP contribution in [0.2, 0.25) is 0 Å². The summed E-state index contributed by atoms with van der Waals surface area (Å²) in [5.74, 6) is -0.528. The second-order valence-corrected chi connectivity index (χ2v) is 5.99. The Kier molecular flexibility index (Phi) is 5.06. The number of hydrogen-bond donors (Lipinski definition) is 1. The fourth-order valence-corrected chi connectivity index (χ4v) is 3.11. The summed E-state index contributed by atoms with van der Waals surface area (Å²) in [7, 11) is 0. The van der Waals surface area contributed by atoms with Gasteiger partial charge in [0.25, 0.3) is 5.91 Å². The Bertz CT molecular complexity index is 539. The predicted octanol–water partition coefficient (Wildman–Crippen LogP) is 2.01. The van der Waals surface area contributed by atoms with Gasteiger partial charge in [0.1, 0.15) is 6.04 Å². The maximum absolute atomic E-state index is 12.6. The quantitative estimate of drug-likeness (QED) is 0.905. The lowest BCUT2D eigenvalue weighted by molar-refractivity contribution is -0.121. The van der Waals surface area contributed by atoms with E-state index >= 15 is 0 Å². The van der Waals surface area contributed by atoms with E-state index < -0.39 is 11.9 Å². The highest BCUT2D eigenvalue weighted by Crippen LogP contribution is 2.22. The molecular formula is C17H25N3O2. The second kappa shape index (κ2) is 6.81. The first-order chi connectivity index (χ1) is 10.5. The number of hydrogen-bond acceptors (Lipinski definition) is 3. The van der Waals surface area contributed by atoms with Crippen LogP contribution in [0, 0.1) is 0 Å². The summed E-state index contributed by atoms with van der Waals surface area (Å²) < 4.78 is 0. The topological polar surface area (TPSA) is 66.6 Å². The van der Waals surface area contributed by atoms with Gasteiger partial charge in [0.05, 0.1) is 0 Å². The zero-order valence-electron chi connectivity index (χ0n) is 13.6. The molecule has 1 aromatic rings. The summed E-state index contributed by atoms with van der Waals surface area (Å²) >= 11 is 0. The fraction of sp³-hybridized carbons (Fsp3) is 0.529. The molecule has 1 atom stereocenters. The van der Waals surface area contributed by atoms with Gasteiger partial charge in [-0.15, -0.1) is 0 Å². The molecule has 0 saturated carbocycles. The number of primary amides is 1. The first-order valence-electron chi connectivity index (χ1n) is 7.92. The van der Waals surface area contributed by atoms with Crippen LogP contribution in [0.3, 0.4) is 0 Å². The third-order valence-electron chi connectivity index (χ3n) is 4.25. The van der Waals surface area contributed by atoms with E-state index in [-0.39, 0.29) is 5.91 Å². The van der Waals surface area contributed by atoms with Crippen molar-refractivity contribution in [3.8, 4) is 0 Å². The Morgan fingerprint density at radius 3 is 2.45 bits per heavy atom. The Morgan fingerprint density at radius 2 is 1.95 bits per heavy atom. The number of benzene rings is 1. The van der Waals surface area contributed by atoms with Crippen LogP contribution >= 0.6 is 0 Å². The minimum Gasteiger partial charge on any atom is -0.369 e. The van der Waals surface area contributed by atoms with Crippen LogP contribution < -0.4 is 10.6 Å². The molecule has 1 aliphatic rings. The largest absolute Gasteiger partial charge is 0.369 e. The molecular weight excluding hydrogens is 278 g/mol. The molecule has 1 aromatic carbocycles. The maximum atomic E-state index is 12.6. The van der Waals surface area contributed by atoms with Gasteiger partial charge < -0.3 is 15.5 Å². The van der Waals surface area contributed by atoms with E-state index in [1.54, 1.807) is 4.90 Å². The van der Waals surface area contributed by atoms with E-state index in [0.717, 1.165) is 18.7 Å². The van der Waals surface area contributed by atoms with Gasteiger partial charge in [-0.05, 0) is 57.9 Å². The Balaban J connectivity index is 2.16. The van der Waals surface area contributed by atoms with Crippen molar-refractivity contribution in [1.82, 2.24) is 4.90 Å². The highest BCUT2D eigenvalue weighted by atomic mass is 16.2. The number of amides is 2. The number of nitrogens with two attached hydrogens (primary N) is 1. The summed E-state index contributed by atoms with van der Waals surface area (Å²) in [6.45, 7) is 7.91. The molecule has 1 heterocycles. The zero-order chi connectivity index (χ0) is 16.3. The lowest BCUT2D eigenvalue weighted by Crippen LogP contribution is -2.43. The molecule has 2 amide bonds. The molecule has 5 heteroatoms. The molecule has 1 fully saturated rings. The second-order valence-electron chi connectivity index (χ2n) is 5.99. The van der Waals surface area contributed by atoms with E-state index in [4.69, 9.17) is 5.73 Å². The summed E-state index contributed by atoms with van der Waals surface area (Å²) in [6, 6.07) is 7.54. The molecule has 1 saturated heterocycles. The van der Waals surface area contributed by atoms with Crippen molar-refractivity contribution in [2.45, 2.75) is 45.7 Å². The number of anilines is 1. The van der Waals surface area contributed by atoms with Gasteiger partial charge in [0.2, 0.25) is 5.91 Å². The minimum absolute atomic E-state index is 0.111.